The van der Waals surface area contributed by atoms with E-state index < -0.39 is 0 Å². The number of benzene rings is 1. The molecule has 0 fully saturated rings. The normalized spacial score (nSPS) is 12.5. The summed E-state index contributed by atoms with van der Waals surface area (Å²) in [6.45, 7) is 6.35. The lowest BCUT2D eigenvalue weighted by Gasteiger charge is -2.22. The lowest BCUT2D eigenvalue weighted by molar-refractivity contribution is 0.514. The summed E-state index contributed by atoms with van der Waals surface area (Å²) in [6, 6.07) is 7.24. The van der Waals surface area contributed by atoms with Crippen molar-refractivity contribution in [2.24, 2.45) is 0 Å². The van der Waals surface area contributed by atoms with Crippen LogP contribution in [0.4, 0.5) is 10.1 Å². The molecule has 0 spiro atoms. The molecule has 3 heteroatoms. The molecule has 0 saturated carbocycles. The van der Waals surface area contributed by atoms with E-state index in [1.807, 2.05) is 13.1 Å². The second-order valence-electron chi connectivity index (χ2n) is 4.55. The minimum atomic E-state index is -0.175. The molecular weight excluding hydrogens is 215 g/mol. The van der Waals surface area contributed by atoms with Crippen molar-refractivity contribution in [1.82, 2.24) is 5.32 Å². The van der Waals surface area contributed by atoms with Gasteiger partial charge in [0.05, 0.1) is 0 Å². The van der Waals surface area contributed by atoms with Gasteiger partial charge in [-0.15, -0.1) is 0 Å². The van der Waals surface area contributed by atoms with Crippen LogP contribution in [0.3, 0.4) is 0 Å². The summed E-state index contributed by atoms with van der Waals surface area (Å²) in [5, 5.41) is 3.45. The second-order valence-corrected chi connectivity index (χ2v) is 4.55. The fourth-order valence-electron chi connectivity index (χ4n) is 1.72. The van der Waals surface area contributed by atoms with E-state index in [1.165, 1.54) is 6.07 Å². The maximum Gasteiger partial charge on any atom is 0.125 e. The number of hydrogen-bond donors (Lipinski definition) is 1. The predicted molar refractivity (Wildman–Crippen MR) is 72.0 cm³/mol. The minimum Gasteiger partial charge on any atom is -0.374 e. The van der Waals surface area contributed by atoms with Gasteiger partial charge in [0.25, 0.3) is 0 Å². The van der Waals surface area contributed by atoms with Crippen molar-refractivity contribution in [3.05, 3.63) is 30.1 Å². The van der Waals surface area contributed by atoms with Crippen molar-refractivity contribution < 1.29 is 4.39 Å². The highest BCUT2D eigenvalue weighted by Crippen LogP contribution is 2.14. The quantitative estimate of drug-likeness (QED) is 0.785. The van der Waals surface area contributed by atoms with E-state index >= 15 is 0 Å². The Morgan fingerprint density at radius 3 is 2.82 bits per heavy atom. The minimum absolute atomic E-state index is 0.175. The van der Waals surface area contributed by atoms with Gasteiger partial charge in [-0.05, 0) is 44.5 Å². The molecule has 0 heterocycles. The summed E-state index contributed by atoms with van der Waals surface area (Å²) in [5.41, 5.74) is 0.938. The molecule has 0 aliphatic carbocycles. The molecule has 0 aliphatic heterocycles. The zero-order chi connectivity index (χ0) is 12.7. The summed E-state index contributed by atoms with van der Waals surface area (Å²) in [4.78, 5) is 2.09. The van der Waals surface area contributed by atoms with Crippen LogP contribution in [0.25, 0.3) is 0 Å². The van der Waals surface area contributed by atoms with Gasteiger partial charge in [-0.3, -0.25) is 0 Å². The molecule has 17 heavy (non-hydrogen) atoms. The Morgan fingerprint density at radius 1 is 1.41 bits per heavy atom. The van der Waals surface area contributed by atoms with Crippen molar-refractivity contribution in [3.8, 4) is 0 Å². The molecule has 0 saturated heterocycles. The SMILES string of the molecule is CCCNC(C)CCN(C)c1cccc(F)c1. The highest BCUT2D eigenvalue weighted by Gasteiger charge is 2.05. The molecule has 1 aromatic rings. The third-order valence-electron chi connectivity index (χ3n) is 2.89. The monoisotopic (exact) mass is 238 g/mol. The first-order valence-corrected chi connectivity index (χ1v) is 6.33. The molecule has 0 bridgehead atoms. The molecule has 1 rings (SSSR count). The molecular formula is C14H23FN2. The van der Waals surface area contributed by atoms with E-state index in [-0.39, 0.29) is 5.82 Å². The highest BCUT2D eigenvalue weighted by molar-refractivity contribution is 5.45. The Morgan fingerprint density at radius 2 is 2.18 bits per heavy atom. The molecule has 1 aromatic carbocycles. The average Bonchev–Trinajstić information content (AvgIpc) is 2.33. The topological polar surface area (TPSA) is 15.3 Å². The molecule has 1 atom stereocenters. The smallest absolute Gasteiger partial charge is 0.125 e. The van der Waals surface area contributed by atoms with Crippen molar-refractivity contribution in [1.29, 1.82) is 0 Å². The van der Waals surface area contributed by atoms with E-state index in [1.54, 1.807) is 12.1 Å². The van der Waals surface area contributed by atoms with Gasteiger partial charge in [-0.25, -0.2) is 4.39 Å². The summed E-state index contributed by atoms with van der Waals surface area (Å²) in [5.74, 6) is -0.175. The van der Waals surface area contributed by atoms with Crippen LogP contribution in [0.5, 0.6) is 0 Å². The zero-order valence-corrected chi connectivity index (χ0v) is 11.0. The number of hydrogen-bond acceptors (Lipinski definition) is 2. The Labute approximate surface area is 104 Å². The van der Waals surface area contributed by atoms with Crippen LogP contribution in [0.15, 0.2) is 24.3 Å². The van der Waals surface area contributed by atoms with E-state index in [4.69, 9.17) is 0 Å². The first-order valence-electron chi connectivity index (χ1n) is 6.33. The van der Waals surface area contributed by atoms with Gasteiger partial charge in [0.2, 0.25) is 0 Å². The van der Waals surface area contributed by atoms with Gasteiger partial charge >= 0.3 is 0 Å². The Kier molecular flexibility index (Phi) is 5.98. The Bertz CT molecular complexity index is 328. The summed E-state index contributed by atoms with van der Waals surface area (Å²) >= 11 is 0. The molecule has 0 radical (unpaired) electrons. The number of halogens is 1. The highest BCUT2D eigenvalue weighted by atomic mass is 19.1. The lowest BCUT2D eigenvalue weighted by Crippen LogP contribution is -2.31. The van der Waals surface area contributed by atoms with Gasteiger partial charge in [-0.2, -0.15) is 0 Å². The largest absolute Gasteiger partial charge is 0.374 e. The first-order chi connectivity index (χ1) is 8.13. The van der Waals surface area contributed by atoms with E-state index in [0.29, 0.717) is 6.04 Å². The van der Waals surface area contributed by atoms with Crippen LogP contribution in [0, 0.1) is 5.82 Å². The molecule has 1 N–H and O–H groups in total. The molecule has 2 nitrogen and oxygen atoms in total. The number of anilines is 1. The predicted octanol–water partition coefficient (Wildman–Crippen LogP) is 3.04. The van der Waals surface area contributed by atoms with Crippen molar-refractivity contribution in [2.45, 2.75) is 32.7 Å². The van der Waals surface area contributed by atoms with Crippen LogP contribution in [0.2, 0.25) is 0 Å². The molecule has 0 amide bonds. The number of rotatable bonds is 7. The van der Waals surface area contributed by atoms with Gasteiger partial charge < -0.3 is 10.2 Å². The molecule has 1 unspecified atom stereocenters. The summed E-state index contributed by atoms with van der Waals surface area (Å²) < 4.78 is 13.1. The molecule has 0 aromatic heterocycles. The maximum absolute atomic E-state index is 13.1. The second kappa shape index (κ2) is 7.28. The van der Waals surface area contributed by atoms with Gasteiger partial charge in [0.15, 0.2) is 0 Å². The standard InChI is InChI=1S/C14H23FN2/c1-4-9-16-12(2)8-10-17(3)14-7-5-6-13(15)11-14/h5-7,11-12,16H,4,8-10H2,1-3H3. The Hall–Kier alpha value is -1.09. The van der Waals surface area contributed by atoms with Gasteiger partial charge in [-0.1, -0.05) is 13.0 Å². The van der Waals surface area contributed by atoms with Gasteiger partial charge in [0, 0.05) is 25.3 Å². The van der Waals surface area contributed by atoms with Crippen molar-refractivity contribution >= 4 is 5.69 Å². The van der Waals surface area contributed by atoms with E-state index in [2.05, 4.69) is 24.1 Å². The Balaban J connectivity index is 2.36. The third-order valence-corrected chi connectivity index (χ3v) is 2.89. The number of nitrogens with one attached hydrogen (secondary N) is 1. The lowest BCUT2D eigenvalue weighted by atomic mass is 10.2. The van der Waals surface area contributed by atoms with E-state index in [9.17, 15) is 4.39 Å². The van der Waals surface area contributed by atoms with Crippen molar-refractivity contribution in [2.75, 3.05) is 25.0 Å². The summed E-state index contributed by atoms with van der Waals surface area (Å²) in [7, 11) is 2.00. The first kappa shape index (κ1) is 14.0. The fraction of sp³-hybridized carbons (Fsp3) is 0.571. The maximum atomic E-state index is 13.1. The van der Waals surface area contributed by atoms with Crippen molar-refractivity contribution in [3.63, 3.8) is 0 Å². The molecule has 0 aliphatic rings. The van der Waals surface area contributed by atoms with Crippen LogP contribution >= 0.6 is 0 Å². The van der Waals surface area contributed by atoms with Crippen LogP contribution in [-0.4, -0.2) is 26.2 Å². The fourth-order valence-corrected chi connectivity index (χ4v) is 1.72. The van der Waals surface area contributed by atoms with Gasteiger partial charge in [0.1, 0.15) is 5.82 Å². The van der Waals surface area contributed by atoms with E-state index in [0.717, 1.165) is 31.6 Å². The summed E-state index contributed by atoms with van der Waals surface area (Å²) in [6.07, 6.45) is 2.22. The molecule has 96 valence electrons. The van der Waals surface area contributed by atoms with Crippen LogP contribution < -0.4 is 10.2 Å². The zero-order valence-electron chi connectivity index (χ0n) is 11.0. The van der Waals surface area contributed by atoms with Crippen LogP contribution in [0.1, 0.15) is 26.7 Å². The third kappa shape index (κ3) is 5.18. The van der Waals surface area contributed by atoms with Crippen LogP contribution in [-0.2, 0) is 0 Å². The number of nitrogens with zero attached hydrogens (tertiary/aromatic N) is 1. The average molecular weight is 238 g/mol.